The Labute approximate surface area is 103 Å². The molecule has 0 radical (unpaired) electrons. The molecule has 2 aromatic rings. The van der Waals surface area contributed by atoms with Crippen LogP contribution in [0.25, 0.3) is 5.69 Å². The van der Waals surface area contributed by atoms with Crippen molar-refractivity contribution in [3.8, 4) is 5.69 Å². The Balaban J connectivity index is 2.30. The molecule has 0 aliphatic rings. The average Bonchev–Trinajstić information content (AvgIpc) is 2.69. The van der Waals surface area contributed by atoms with E-state index in [1.54, 1.807) is 19.4 Å². The Hall–Kier alpha value is -1.13. The molecule has 0 amide bonds. The molecule has 1 heterocycles. The van der Waals surface area contributed by atoms with E-state index in [9.17, 15) is 5.11 Å². The van der Waals surface area contributed by atoms with Crippen LogP contribution in [0.1, 0.15) is 12.5 Å². The maximum atomic E-state index is 9.32. The molecule has 84 valence electrons. The van der Waals surface area contributed by atoms with Crippen LogP contribution >= 0.6 is 15.9 Å². The topological polar surface area (TPSA) is 38.0 Å². The number of rotatable bonds is 3. The van der Waals surface area contributed by atoms with Crippen LogP contribution in [-0.2, 0) is 6.42 Å². The lowest BCUT2D eigenvalue weighted by molar-refractivity contribution is 0.195. The molecule has 0 bridgehead atoms. The van der Waals surface area contributed by atoms with E-state index in [0.29, 0.717) is 6.42 Å². The second-order valence-corrected chi connectivity index (χ2v) is 4.66. The first-order chi connectivity index (χ1) is 7.66. The van der Waals surface area contributed by atoms with Crippen LogP contribution in [0.2, 0.25) is 0 Å². The molecule has 1 aromatic carbocycles. The van der Waals surface area contributed by atoms with Crippen LogP contribution in [0.4, 0.5) is 0 Å². The van der Waals surface area contributed by atoms with Gasteiger partial charge in [-0.1, -0.05) is 6.07 Å². The van der Waals surface area contributed by atoms with Crippen molar-refractivity contribution < 1.29 is 5.11 Å². The number of aliphatic hydroxyl groups excluding tert-OH is 1. The van der Waals surface area contributed by atoms with Gasteiger partial charge < -0.3 is 9.67 Å². The lowest BCUT2D eigenvalue weighted by atomic mass is 10.1. The van der Waals surface area contributed by atoms with Gasteiger partial charge in [-0.15, -0.1) is 0 Å². The van der Waals surface area contributed by atoms with Gasteiger partial charge in [0, 0.05) is 16.9 Å². The second kappa shape index (κ2) is 4.80. The number of aliphatic hydroxyl groups is 1. The minimum Gasteiger partial charge on any atom is -0.393 e. The van der Waals surface area contributed by atoms with E-state index in [1.807, 2.05) is 29.0 Å². The van der Waals surface area contributed by atoms with Crippen LogP contribution in [0.5, 0.6) is 0 Å². The van der Waals surface area contributed by atoms with Gasteiger partial charge in [0.2, 0.25) is 0 Å². The van der Waals surface area contributed by atoms with Crippen molar-refractivity contribution in [1.82, 2.24) is 9.55 Å². The molecule has 3 nitrogen and oxygen atoms in total. The first-order valence-corrected chi connectivity index (χ1v) is 5.91. The lowest BCUT2D eigenvalue weighted by Crippen LogP contribution is -2.04. The summed E-state index contributed by atoms with van der Waals surface area (Å²) in [4.78, 5) is 4.01. The average molecular weight is 281 g/mol. The number of benzene rings is 1. The summed E-state index contributed by atoms with van der Waals surface area (Å²) in [6.45, 7) is 1.79. The second-order valence-electron chi connectivity index (χ2n) is 3.81. The third kappa shape index (κ3) is 2.51. The molecule has 0 aliphatic heterocycles. The highest BCUT2D eigenvalue weighted by atomic mass is 79.9. The summed E-state index contributed by atoms with van der Waals surface area (Å²) in [6.07, 6.45) is 5.76. The first-order valence-electron chi connectivity index (χ1n) is 5.11. The van der Waals surface area contributed by atoms with E-state index in [-0.39, 0.29) is 6.10 Å². The molecular weight excluding hydrogens is 268 g/mol. The van der Waals surface area contributed by atoms with E-state index < -0.39 is 0 Å². The summed E-state index contributed by atoms with van der Waals surface area (Å²) < 4.78 is 2.94. The maximum absolute atomic E-state index is 9.32. The number of halogens is 1. The van der Waals surface area contributed by atoms with Crippen molar-refractivity contribution >= 4 is 15.9 Å². The summed E-state index contributed by atoms with van der Waals surface area (Å²) in [6, 6.07) is 6.07. The van der Waals surface area contributed by atoms with Gasteiger partial charge in [-0.05, 0) is 47.0 Å². The standard InChI is InChI=1S/C12H13BrN2O/c1-9(16)6-10-2-3-12(11(13)7-10)15-5-4-14-8-15/h2-5,7-9,16H,6H2,1H3. The van der Waals surface area contributed by atoms with Gasteiger partial charge in [0.25, 0.3) is 0 Å². The van der Waals surface area contributed by atoms with Gasteiger partial charge >= 0.3 is 0 Å². The van der Waals surface area contributed by atoms with Crippen LogP contribution in [-0.4, -0.2) is 20.8 Å². The molecule has 1 aromatic heterocycles. The molecule has 0 aliphatic carbocycles. The zero-order chi connectivity index (χ0) is 11.5. The van der Waals surface area contributed by atoms with E-state index >= 15 is 0 Å². The Morgan fingerprint density at radius 3 is 2.88 bits per heavy atom. The minimum atomic E-state index is -0.314. The molecule has 1 N–H and O–H groups in total. The third-order valence-corrected chi connectivity index (χ3v) is 2.96. The molecule has 0 saturated carbocycles. The lowest BCUT2D eigenvalue weighted by Gasteiger charge is -2.09. The summed E-state index contributed by atoms with van der Waals surface area (Å²) in [5, 5.41) is 9.32. The van der Waals surface area contributed by atoms with Crippen LogP contribution < -0.4 is 0 Å². The summed E-state index contributed by atoms with van der Waals surface area (Å²) in [5.41, 5.74) is 2.16. The van der Waals surface area contributed by atoms with Gasteiger partial charge in [0.05, 0.1) is 18.1 Å². The van der Waals surface area contributed by atoms with Crippen molar-refractivity contribution in [1.29, 1.82) is 0 Å². The number of nitrogens with zero attached hydrogens (tertiary/aromatic N) is 2. The fourth-order valence-corrected chi connectivity index (χ4v) is 2.26. The highest BCUT2D eigenvalue weighted by molar-refractivity contribution is 9.10. The largest absolute Gasteiger partial charge is 0.393 e. The first kappa shape index (κ1) is 11.4. The van der Waals surface area contributed by atoms with Crippen molar-refractivity contribution in [2.75, 3.05) is 0 Å². The van der Waals surface area contributed by atoms with Gasteiger partial charge in [-0.25, -0.2) is 4.98 Å². The predicted molar refractivity (Wildman–Crippen MR) is 66.6 cm³/mol. The number of hydrogen-bond donors (Lipinski definition) is 1. The van der Waals surface area contributed by atoms with E-state index in [2.05, 4.69) is 20.9 Å². The number of imidazole rings is 1. The van der Waals surface area contributed by atoms with Crippen molar-refractivity contribution in [2.45, 2.75) is 19.4 Å². The fourth-order valence-electron chi connectivity index (χ4n) is 1.63. The van der Waals surface area contributed by atoms with Crippen LogP contribution in [0.3, 0.4) is 0 Å². The smallest absolute Gasteiger partial charge is 0.0992 e. The highest BCUT2D eigenvalue weighted by Crippen LogP contribution is 2.22. The van der Waals surface area contributed by atoms with Crippen molar-refractivity contribution in [3.05, 3.63) is 47.0 Å². The molecule has 0 spiro atoms. The maximum Gasteiger partial charge on any atom is 0.0992 e. The molecule has 0 saturated heterocycles. The molecular formula is C12H13BrN2O. The van der Waals surface area contributed by atoms with Gasteiger partial charge in [-0.2, -0.15) is 0 Å². The Morgan fingerprint density at radius 1 is 1.50 bits per heavy atom. The van der Waals surface area contributed by atoms with E-state index in [1.165, 1.54) is 0 Å². The Kier molecular flexibility index (Phi) is 3.41. The molecule has 1 unspecified atom stereocenters. The fraction of sp³-hybridized carbons (Fsp3) is 0.250. The van der Waals surface area contributed by atoms with Crippen LogP contribution in [0, 0.1) is 0 Å². The van der Waals surface area contributed by atoms with Gasteiger partial charge in [-0.3, -0.25) is 0 Å². The van der Waals surface area contributed by atoms with Crippen molar-refractivity contribution in [2.24, 2.45) is 0 Å². The van der Waals surface area contributed by atoms with E-state index in [4.69, 9.17) is 0 Å². The summed E-state index contributed by atoms with van der Waals surface area (Å²) in [5.74, 6) is 0. The quantitative estimate of drug-likeness (QED) is 0.939. The molecule has 4 heteroatoms. The predicted octanol–water partition coefficient (Wildman–Crippen LogP) is 2.56. The molecule has 2 rings (SSSR count). The summed E-state index contributed by atoms with van der Waals surface area (Å²) >= 11 is 3.53. The highest BCUT2D eigenvalue weighted by Gasteiger charge is 2.05. The SMILES string of the molecule is CC(O)Cc1ccc(-n2ccnc2)c(Br)c1. The zero-order valence-electron chi connectivity index (χ0n) is 8.97. The van der Waals surface area contributed by atoms with Gasteiger partial charge in [0.1, 0.15) is 0 Å². The summed E-state index contributed by atoms with van der Waals surface area (Å²) in [7, 11) is 0. The molecule has 16 heavy (non-hydrogen) atoms. The van der Waals surface area contributed by atoms with Crippen LogP contribution in [0.15, 0.2) is 41.4 Å². The Morgan fingerprint density at radius 2 is 2.31 bits per heavy atom. The number of hydrogen-bond acceptors (Lipinski definition) is 2. The molecule has 0 fully saturated rings. The normalized spacial score (nSPS) is 12.7. The zero-order valence-corrected chi connectivity index (χ0v) is 10.6. The van der Waals surface area contributed by atoms with E-state index in [0.717, 1.165) is 15.7 Å². The van der Waals surface area contributed by atoms with Crippen molar-refractivity contribution in [3.63, 3.8) is 0 Å². The molecule has 1 atom stereocenters. The van der Waals surface area contributed by atoms with Gasteiger partial charge in [0.15, 0.2) is 0 Å². The third-order valence-electron chi connectivity index (χ3n) is 2.33. The monoisotopic (exact) mass is 280 g/mol. The Bertz CT molecular complexity index is 466. The minimum absolute atomic E-state index is 0.314. The number of aromatic nitrogens is 2.